The van der Waals surface area contributed by atoms with Crippen molar-refractivity contribution in [2.24, 2.45) is 0 Å². The lowest BCUT2D eigenvalue weighted by Crippen LogP contribution is -2.13. The van der Waals surface area contributed by atoms with Crippen LogP contribution < -0.4 is 5.32 Å². The molecule has 0 heterocycles. The molecule has 0 fully saturated rings. The molecular formula is C15H21NO2. The lowest BCUT2D eigenvalue weighted by molar-refractivity contribution is -0.142. The fourth-order valence-corrected chi connectivity index (χ4v) is 2.48. The highest BCUT2D eigenvalue weighted by Crippen LogP contribution is 2.27. The summed E-state index contributed by atoms with van der Waals surface area (Å²) in [4.78, 5) is 11.3. The number of carbonyl (C=O) groups is 1. The Balaban J connectivity index is 1.91. The summed E-state index contributed by atoms with van der Waals surface area (Å²) in [6, 6.07) is 6.41. The van der Waals surface area contributed by atoms with Gasteiger partial charge in [0.2, 0.25) is 0 Å². The third kappa shape index (κ3) is 3.25. The SMILES string of the molecule is CCOC(=O)CCNc1cccc2c1CCCC2. The molecule has 0 saturated carbocycles. The van der Waals surface area contributed by atoms with Crippen molar-refractivity contribution in [3.8, 4) is 0 Å². The molecule has 0 aliphatic heterocycles. The van der Waals surface area contributed by atoms with Crippen molar-refractivity contribution >= 4 is 11.7 Å². The first-order chi connectivity index (χ1) is 8.81. The third-order valence-electron chi connectivity index (χ3n) is 3.35. The average molecular weight is 247 g/mol. The van der Waals surface area contributed by atoms with Gasteiger partial charge in [-0.3, -0.25) is 4.79 Å². The zero-order chi connectivity index (χ0) is 12.8. The topological polar surface area (TPSA) is 38.3 Å². The van der Waals surface area contributed by atoms with Crippen LogP contribution in [0.25, 0.3) is 0 Å². The molecule has 0 amide bonds. The van der Waals surface area contributed by atoms with E-state index in [0.717, 1.165) is 6.42 Å². The molecule has 1 aliphatic rings. The van der Waals surface area contributed by atoms with E-state index in [9.17, 15) is 4.79 Å². The lowest BCUT2D eigenvalue weighted by Gasteiger charge is -2.20. The Morgan fingerprint density at radius 1 is 1.33 bits per heavy atom. The van der Waals surface area contributed by atoms with Gasteiger partial charge in [-0.2, -0.15) is 0 Å². The number of nitrogens with one attached hydrogen (secondary N) is 1. The van der Waals surface area contributed by atoms with Crippen molar-refractivity contribution in [1.82, 2.24) is 0 Å². The highest BCUT2D eigenvalue weighted by Gasteiger charge is 2.12. The number of esters is 1. The Morgan fingerprint density at radius 2 is 2.17 bits per heavy atom. The van der Waals surface area contributed by atoms with Gasteiger partial charge in [0.1, 0.15) is 0 Å². The van der Waals surface area contributed by atoms with Crippen LogP contribution in [-0.2, 0) is 22.4 Å². The maximum Gasteiger partial charge on any atom is 0.307 e. The van der Waals surface area contributed by atoms with Crippen LogP contribution in [-0.4, -0.2) is 19.1 Å². The second-order valence-corrected chi connectivity index (χ2v) is 4.63. The molecule has 3 heteroatoms. The van der Waals surface area contributed by atoms with Crippen LogP contribution in [0.2, 0.25) is 0 Å². The first-order valence-corrected chi connectivity index (χ1v) is 6.81. The number of fused-ring (bicyclic) bond motifs is 1. The minimum atomic E-state index is -0.130. The summed E-state index contributed by atoms with van der Waals surface area (Å²) < 4.78 is 4.91. The molecule has 2 rings (SSSR count). The first kappa shape index (κ1) is 12.9. The molecule has 0 saturated heterocycles. The molecule has 0 atom stereocenters. The van der Waals surface area contributed by atoms with Crippen molar-refractivity contribution in [2.75, 3.05) is 18.5 Å². The van der Waals surface area contributed by atoms with Gasteiger partial charge in [-0.15, -0.1) is 0 Å². The maximum absolute atomic E-state index is 11.3. The van der Waals surface area contributed by atoms with E-state index in [4.69, 9.17) is 4.74 Å². The van der Waals surface area contributed by atoms with Crippen molar-refractivity contribution < 1.29 is 9.53 Å². The van der Waals surface area contributed by atoms with Crippen LogP contribution in [0.15, 0.2) is 18.2 Å². The van der Waals surface area contributed by atoms with Gasteiger partial charge in [-0.05, 0) is 49.8 Å². The predicted molar refractivity (Wildman–Crippen MR) is 72.8 cm³/mol. The number of anilines is 1. The Hall–Kier alpha value is -1.51. The van der Waals surface area contributed by atoms with Gasteiger partial charge in [0.05, 0.1) is 13.0 Å². The second kappa shape index (κ2) is 6.43. The summed E-state index contributed by atoms with van der Waals surface area (Å²) in [6.07, 6.45) is 5.32. The molecule has 0 aromatic heterocycles. The van der Waals surface area contributed by atoms with Gasteiger partial charge in [0.25, 0.3) is 0 Å². The van der Waals surface area contributed by atoms with Gasteiger partial charge < -0.3 is 10.1 Å². The molecule has 0 unspecified atom stereocenters. The van der Waals surface area contributed by atoms with E-state index in [2.05, 4.69) is 23.5 Å². The Labute approximate surface area is 109 Å². The maximum atomic E-state index is 11.3. The van der Waals surface area contributed by atoms with E-state index >= 15 is 0 Å². The molecule has 1 aliphatic carbocycles. The third-order valence-corrected chi connectivity index (χ3v) is 3.35. The summed E-state index contributed by atoms with van der Waals surface area (Å²) in [7, 11) is 0. The molecular weight excluding hydrogens is 226 g/mol. The van der Waals surface area contributed by atoms with Gasteiger partial charge in [-0.1, -0.05) is 12.1 Å². The van der Waals surface area contributed by atoms with E-state index in [0.29, 0.717) is 19.6 Å². The van der Waals surface area contributed by atoms with Crippen molar-refractivity contribution in [3.05, 3.63) is 29.3 Å². The van der Waals surface area contributed by atoms with Gasteiger partial charge in [0, 0.05) is 12.2 Å². The van der Waals surface area contributed by atoms with Crippen LogP contribution in [0.1, 0.15) is 37.3 Å². The Bertz CT molecular complexity index is 415. The molecule has 1 aromatic rings. The van der Waals surface area contributed by atoms with Crippen molar-refractivity contribution in [3.63, 3.8) is 0 Å². The zero-order valence-corrected chi connectivity index (χ0v) is 11.0. The first-order valence-electron chi connectivity index (χ1n) is 6.81. The molecule has 18 heavy (non-hydrogen) atoms. The number of ether oxygens (including phenoxy) is 1. The van der Waals surface area contributed by atoms with E-state index in [1.165, 1.54) is 36.1 Å². The van der Waals surface area contributed by atoms with Crippen molar-refractivity contribution in [2.45, 2.75) is 39.0 Å². The molecule has 0 spiro atoms. The van der Waals surface area contributed by atoms with Crippen LogP contribution >= 0.6 is 0 Å². The minimum absolute atomic E-state index is 0.130. The van der Waals surface area contributed by atoms with E-state index in [1.807, 2.05) is 6.92 Å². The number of benzene rings is 1. The highest BCUT2D eigenvalue weighted by molar-refractivity contribution is 5.70. The smallest absolute Gasteiger partial charge is 0.307 e. The van der Waals surface area contributed by atoms with Crippen LogP contribution in [0.4, 0.5) is 5.69 Å². The quantitative estimate of drug-likeness (QED) is 0.813. The summed E-state index contributed by atoms with van der Waals surface area (Å²) in [6.45, 7) is 2.94. The van der Waals surface area contributed by atoms with Crippen molar-refractivity contribution in [1.29, 1.82) is 0 Å². The molecule has 3 nitrogen and oxygen atoms in total. The summed E-state index contributed by atoms with van der Waals surface area (Å²) in [5.41, 5.74) is 4.09. The number of rotatable bonds is 5. The normalized spacial score (nSPS) is 13.8. The van der Waals surface area contributed by atoms with E-state index in [-0.39, 0.29) is 5.97 Å². The standard InChI is InChI=1S/C15H21NO2/c1-2-18-15(17)10-11-16-14-9-5-7-12-6-3-4-8-13(12)14/h5,7,9,16H,2-4,6,8,10-11H2,1H3. The fourth-order valence-electron chi connectivity index (χ4n) is 2.48. The monoisotopic (exact) mass is 247 g/mol. The van der Waals surface area contributed by atoms with Crippen LogP contribution in [0.3, 0.4) is 0 Å². The molecule has 0 radical (unpaired) electrons. The van der Waals surface area contributed by atoms with E-state index in [1.54, 1.807) is 0 Å². The largest absolute Gasteiger partial charge is 0.466 e. The van der Waals surface area contributed by atoms with Gasteiger partial charge >= 0.3 is 5.97 Å². The number of aryl methyl sites for hydroxylation is 1. The fraction of sp³-hybridized carbons (Fsp3) is 0.533. The summed E-state index contributed by atoms with van der Waals surface area (Å²) >= 11 is 0. The van der Waals surface area contributed by atoms with E-state index < -0.39 is 0 Å². The van der Waals surface area contributed by atoms with Gasteiger partial charge in [0.15, 0.2) is 0 Å². The summed E-state index contributed by atoms with van der Waals surface area (Å²) in [5, 5.41) is 3.36. The number of hydrogen-bond acceptors (Lipinski definition) is 3. The highest BCUT2D eigenvalue weighted by atomic mass is 16.5. The molecule has 1 N–H and O–H groups in total. The zero-order valence-electron chi connectivity index (χ0n) is 11.0. The molecule has 0 bridgehead atoms. The number of carbonyl (C=O) groups excluding carboxylic acids is 1. The lowest BCUT2D eigenvalue weighted by atomic mass is 9.90. The summed E-state index contributed by atoms with van der Waals surface area (Å²) in [5.74, 6) is -0.130. The number of hydrogen-bond donors (Lipinski definition) is 1. The predicted octanol–water partition coefficient (Wildman–Crippen LogP) is 2.93. The second-order valence-electron chi connectivity index (χ2n) is 4.63. The van der Waals surface area contributed by atoms with Crippen LogP contribution in [0, 0.1) is 0 Å². The Kier molecular flexibility index (Phi) is 4.62. The Morgan fingerprint density at radius 3 is 3.00 bits per heavy atom. The van der Waals surface area contributed by atoms with Crippen LogP contribution in [0.5, 0.6) is 0 Å². The molecule has 98 valence electrons. The average Bonchev–Trinajstić information content (AvgIpc) is 2.39. The molecule has 1 aromatic carbocycles. The van der Waals surface area contributed by atoms with Gasteiger partial charge in [-0.25, -0.2) is 0 Å². The minimum Gasteiger partial charge on any atom is -0.466 e.